The van der Waals surface area contributed by atoms with E-state index in [1.54, 1.807) is 0 Å². The van der Waals surface area contributed by atoms with E-state index in [9.17, 15) is 9.59 Å². The third-order valence-electron chi connectivity index (χ3n) is 6.41. The average Bonchev–Trinajstić information content (AvgIpc) is 2.82. The van der Waals surface area contributed by atoms with E-state index < -0.39 is 17.9 Å². The molecule has 0 bridgehead atoms. The lowest BCUT2D eigenvalue weighted by Crippen LogP contribution is -2.21. The molecule has 0 aromatic carbocycles. The van der Waals surface area contributed by atoms with E-state index in [-0.39, 0.29) is 13.0 Å². The lowest BCUT2D eigenvalue weighted by molar-refractivity contribution is -0.152. The van der Waals surface area contributed by atoms with E-state index in [2.05, 4.69) is 25.7 Å². The van der Waals surface area contributed by atoms with E-state index in [4.69, 9.17) is 9.84 Å². The van der Waals surface area contributed by atoms with Crippen LogP contribution >= 0.6 is 0 Å². The number of esters is 1. The highest BCUT2D eigenvalue weighted by atomic mass is 16.5. The van der Waals surface area contributed by atoms with E-state index in [1.165, 1.54) is 102 Å². The van der Waals surface area contributed by atoms with Gasteiger partial charge in [-0.1, -0.05) is 128 Å². The molecule has 198 valence electrons. The Morgan fingerprint density at radius 1 is 0.735 bits per heavy atom. The van der Waals surface area contributed by atoms with Gasteiger partial charge in [-0.15, -0.1) is 0 Å². The fourth-order valence-corrected chi connectivity index (χ4v) is 4.30. The number of carbonyl (C=O) groups excluding carboxylic acids is 1. The number of carbonyl (C=O) groups is 2. The third-order valence-corrected chi connectivity index (χ3v) is 6.41. The Hall–Kier alpha value is -1.58. The number of hydrogen-bond acceptors (Lipinski definition) is 3. The van der Waals surface area contributed by atoms with Crippen molar-refractivity contribution >= 4 is 11.9 Å². The molecule has 0 aliphatic rings. The van der Waals surface area contributed by atoms with Gasteiger partial charge in [0, 0.05) is 0 Å². The van der Waals surface area contributed by atoms with Crippen LogP contribution in [0.4, 0.5) is 0 Å². The standard InChI is InChI=1S/C30H54O4/c1-3-5-6-7-8-9-10-11-12-13-14-15-16-17-18-19-20-21-22-23-24-25-28(27-29(31)32)30(33)34-26-4-2/h4,19-20,28H,2-3,5-18,21-27H2,1H3,(H,31,32)/b20-19+. The van der Waals surface area contributed by atoms with Crippen LogP contribution in [0.15, 0.2) is 24.8 Å². The second-order valence-electron chi connectivity index (χ2n) is 9.71. The summed E-state index contributed by atoms with van der Waals surface area (Å²) in [7, 11) is 0. The first kappa shape index (κ1) is 32.4. The van der Waals surface area contributed by atoms with Gasteiger partial charge in [-0.3, -0.25) is 9.59 Å². The number of carboxylic acids is 1. The van der Waals surface area contributed by atoms with Crippen LogP contribution in [0.2, 0.25) is 0 Å². The number of aliphatic carboxylic acids is 1. The van der Waals surface area contributed by atoms with Crippen molar-refractivity contribution in [1.29, 1.82) is 0 Å². The Kier molecular flexibility index (Phi) is 24.8. The van der Waals surface area contributed by atoms with Crippen LogP contribution in [0.1, 0.15) is 142 Å². The molecule has 1 atom stereocenters. The number of allylic oxidation sites excluding steroid dienone is 2. The molecule has 0 saturated carbocycles. The van der Waals surface area contributed by atoms with Crippen molar-refractivity contribution in [3.05, 3.63) is 24.8 Å². The smallest absolute Gasteiger partial charge is 0.309 e. The first-order chi connectivity index (χ1) is 16.6. The SMILES string of the molecule is C=CCOC(=O)C(CCCCC/C=C/CCCCCCCCCCCCCCCC)CC(=O)O. The van der Waals surface area contributed by atoms with Gasteiger partial charge < -0.3 is 9.84 Å². The molecule has 0 spiro atoms. The summed E-state index contributed by atoms with van der Waals surface area (Å²) in [5.41, 5.74) is 0. The number of unbranched alkanes of at least 4 members (excludes halogenated alkanes) is 17. The highest BCUT2D eigenvalue weighted by molar-refractivity contribution is 5.79. The summed E-state index contributed by atoms with van der Waals surface area (Å²) in [6, 6.07) is 0. The quantitative estimate of drug-likeness (QED) is 0.0764. The summed E-state index contributed by atoms with van der Waals surface area (Å²) in [4.78, 5) is 22.9. The minimum Gasteiger partial charge on any atom is -0.481 e. The first-order valence-electron chi connectivity index (χ1n) is 14.3. The zero-order valence-electron chi connectivity index (χ0n) is 22.2. The Morgan fingerprint density at radius 3 is 1.62 bits per heavy atom. The Morgan fingerprint density at radius 2 is 1.18 bits per heavy atom. The van der Waals surface area contributed by atoms with Crippen molar-refractivity contribution in [2.24, 2.45) is 5.92 Å². The summed E-state index contributed by atoms with van der Waals surface area (Å²) in [5.74, 6) is -1.92. The predicted molar refractivity (Wildman–Crippen MR) is 144 cm³/mol. The van der Waals surface area contributed by atoms with Crippen molar-refractivity contribution < 1.29 is 19.4 Å². The van der Waals surface area contributed by atoms with E-state index in [1.807, 2.05) is 0 Å². The van der Waals surface area contributed by atoms with Gasteiger partial charge in [0.1, 0.15) is 6.61 Å². The van der Waals surface area contributed by atoms with Gasteiger partial charge in [0.15, 0.2) is 0 Å². The summed E-state index contributed by atoms with van der Waals surface area (Å²) >= 11 is 0. The molecular formula is C30H54O4. The molecule has 0 aromatic heterocycles. The predicted octanol–water partition coefficient (Wildman–Crippen LogP) is 9.18. The Bertz CT molecular complexity index is 512. The monoisotopic (exact) mass is 478 g/mol. The summed E-state index contributed by atoms with van der Waals surface area (Å²) in [5, 5.41) is 8.99. The summed E-state index contributed by atoms with van der Waals surface area (Å²) in [6.45, 7) is 5.93. The number of ether oxygens (including phenoxy) is 1. The zero-order chi connectivity index (χ0) is 25.1. The first-order valence-corrected chi connectivity index (χ1v) is 14.3. The fraction of sp³-hybridized carbons (Fsp3) is 0.800. The second kappa shape index (κ2) is 26.0. The molecule has 1 N–H and O–H groups in total. The maximum Gasteiger partial charge on any atom is 0.309 e. The number of rotatable bonds is 26. The molecule has 4 nitrogen and oxygen atoms in total. The van der Waals surface area contributed by atoms with Gasteiger partial charge in [-0.05, 0) is 32.1 Å². The highest BCUT2D eigenvalue weighted by Crippen LogP contribution is 2.17. The van der Waals surface area contributed by atoms with Crippen LogP contribution in [-0.2, 0) is 14.3 Å². The summed E-state index contributed by atoms with van der Waals surface area (Å²) in [6.07, 6.45) is 31.2. The molecule has 0 aliphatic carbocycles. The lowest BCUT2D eigenvalue weighted by Gasteiger charge is -2.13. The lowest BCUT2D eigenvalue weighted by atomic mass is 9.97. The van der Waals surface area contributed by atoms with Crippen LogP contribution in [0.5, 0.6) is 0 Å². The highest BCUT2D eigenvalue weighted by Gasteiger charge is 2.22. The maximum atomic E-state index is 11.9. The molecule has 1 unspecified atom stereocenters. The van der Waals surface area contributed by atoms with Gasteiger partial charge in [-0.25, -0.2) is 0 Å². The van der Waals surface area contributed by atoms with Crippen molar-refractivity contribution in [3.63, 3.8) is 0 Å². The van der Waals surface area contributed by atoms with Gasteiger partial charge in [0.05, 0.1) is 12.3 Å². The van der Waals surface area contributed by atoms with Gasteiger partial charge >= 0.3 is 11.9 Å². The molecule has 0 aliphatic heterocycles. The van der Waals surface area contributed by atoms with Crippen LogP contribution in [0.3, 0.4) is 0 Å². The molecule has 0 saturated heterocycles. The molecule has 0 rings (SSSR count). The van der Waals surface area contributed by atoms with Crippen molar-refractivity contribution in [2.75, 3.05) is 6.61 Å². The molecule has 0 radical (unpaired) electrons. The minimum absolute atomic E-state index is 0.138. The molecule has 0 amide bonds. The topological polar surface area (TPSA) is 63.6 Å². The minimum atomic E-state index is -0.952. The zero-order valence-corrected chi connectivity index (χ0v) is 22.2. The van der Waals surface area contributed by atoms with E-state index in [0.717, 1.165) is 25.7 Å². The van der Waals surface area contributed by atoms with Gasteiger partial charge in [-0.2, -0.15) is 0 Å². The second-order valence-corrected chi connectivity index (χ2v) is 9.71. The van der Waals surface area contributed by atoms with Crippen LogP contribution in [0, 0.1) is 5.92 Å². The van der Waals surface area contributed by atoms with E-state index in [0.29, 0.717) is 6.42 Å². The van der Waals surface area contributed by atoms with Gasteiger partial charge in [0.25, 0.3) is 0 Å². The molecule has 4 heteroatoms. The summed E-state index contributed by atoms with van der Waals surface area (Å²) < 4.78 is 5.02. The molecule has 0 heterocycles. The normalized spacial score (nSPS) is 12.1. The number of carboxylic acid groups (broad SMARTS) is 1. The molecule has 34 heavy (non-hydrogen) atoms. The van der Waals surface area contributed by atoms with Crippen molar-refractivity contribution in [3.8, 4) is 0 Å². The third kappa shape index (κ3) is 23.6. The average molecular weight is 479 g/mol. The van der Waals surface area contributed by atoms with Crippen LogP contribution in [-0.4, -0.2) is 23.7 Å². The molecule has 0 fully saturated rings. The fourth-order valence-electron chi connectivity index (χ4n) is 4.30. The molecule has 0 aromatic rings. The van der Waals surface area contributed by atoms with Crippen LogP contribution in [0.25, 0.3) is 0 Å². The Labute approximate surface area is 210 Å². The maximum absolute atomic E-state index is 11.9. The number of hydrogen-bond donors (Lipinski definition) is 1. The van der Waals surface area contributed by atoms with Crippen molar-refractivity contribution in [2.45, 2.75) is 142 Å². The molecular weight excluding hydrogens is 424 g/mol. The Balaban J connectivity index is 3.46. The van der Waals surface area contributed by atoms with E-state index >= 15 is 0 Å². The van der Waals surface area contributed by atoms with Crippen LogP contribution < -0.4 is 0 Å². The largest absolute Gasteiger partial charge is 0.481 e. The van der Waals surface area contributed by atoms with Gasteiger partial charge in [0.2, 0.25) is 0 Å². The van der Waals surface area contributed by atoms with Crippen molar-refractivity contribution in [1.82, 2.24) is 0 Å².